The van der Waals surface area contributed by atoms with E-state index in [9.17, 15) is 0 Å². The Bertz CT molecular complexity index is 729. The number of aryl methyl sites for hydroxylation is 2. The van der Waals surface area contributed by atoms with Gasteiger partial charge in [0.1, 0.15) is 5.75 Å². The maximum absolute atomic E-state index is 6.06. The van der Waals surface area contributed by atoms with Gasteiger partial charge in [-0.25, -0.2) is 0 Å². The van der Waals surface area contributed by atoms with Gasteiger partial charge in [0.15, 0.2) is 6.61 Å². The van der Waals surface area contributed by atoms with E-state index in [1.165, 1.54) is 36.8 Å². The largest absolute Gasteiger partial charge is 0.485 e. The van der Waals surface area contributed by atoms with Crippen LogP contribution >= 0.6 is 0 Å². The van der Waals surface area contributed by atoms with Gasteiger partial charge < -0.3 is 15.0 Å². The highest BCUT2D eigenvalue weighted by atomic mass is 16.5. The van der Waals surface area contributed by atoms with Crippen molar-refractivity contribution >= 4 is 0 Å². The first-order valence-electron chi connectivity index (χ1n) is 9.07. The summed E-state index contributed by atoms with van der Waals surface area (Å²) in [4.78, 5) is 6.99. The lowest BCUT2D eigenvalue weighted by Crippen LogP contribution is -2.46. The lowest BCUT2D eigenvalue weighted by molar-refractivity contribution is 0.133. The van der Waals surface area contributed by atoms with Gasteiger partial charge in [-0.2, -0.15) is 4.98 Å². The van der Waals surface area contributed by atoms with Gasteiger partial charge in [-0.15, -0.1) is 0 Å². The first-order chi connectivity index (χ1) is 12.1. The molecule has 2 aromatic rings. The molecular formula is C19H26N4O2. The van der Waals surface area contributed by atoms with Gasteiger partial charge >= 0.3 is 0 Å². The summed E-state index contributed by atoms with van der Waals surface area (Å²) in [5.74, 6) is 2.08. The second-order valence-electron chi connectivity index (χ2n) is 7.50. The number of fused-ring (bicyclic) bond motifs is 2. The summed E-state index contributed by atoms with van der Waals surface area (Å²) in [6.45, 7) is 5.84. The molecule has 6 nitrogen and oxygen atoms in total. The number of nitrogens with two attached hydrogens (primary N) is 1. The van der Waals surface area contributed by atoms with Crippen molar-refractivity contribution in [3.05, 3.63) is 41.0 Å². The summed E-state index contributed by atoms with van der Waals surface area (Å²) in [5, 5.41) is 4.07. The van der Waals surface area contributed by atoms with Gasteiger partial charge in [-0.3, -0.25) is 4.90 Å². The van der Waals surface area contributed by atoms with Gasteiger partial charge in [0.25, 0.3) is 0 Å². The fourth-order valence-electron chi connectivity index (χ4n) is 4.47. The Labute approximate surface area is 148 Å². The average Bonchev–Trinajstić information content (AvgIpc) is 3.27. The molecular weight excluding hydrogens is 316 g/mol. The Balaban J connectivity index is 1.39. The zero-order chi connectivity index (χ0) is 17.4. The van der Waals surface area contributed by atoms with Crippen molar-refractivity contribution in [2.24, 2.45) is 5.73 Å². The summed E-state index contributed by atoms with van der Waals surface area (Å²) in [7, 11) is 0. The standard InChI is InChI=1S/C19H26N4O2/c1-13-7-14(2)9-16(8-13)24-11-17-21-18(25-22-17)10-23-15-3-5-19(23,12-20)6-4-15/h7-9,15H,3-6,10-12,20H2,1-2H3. The first-order valence-corrected chi connectivity index (χ1v) is 9.07. The van der Waals surface area contributed by atoms with Gasteiger partial charge in [0, 0.05) is 18.1 Å². The molecule has 0 amide bonds. The van der Waals surface area contributed by atoms with Crippen molar-refractivity contribution in [2.75, 3.05) is 6.54 Å². The fourth-order valence-corrected chi connectivity index (χ4v) is 4.47. The van der Waals surface area contributed by atoms with Crippen LogP contribution in [0.2, 0.25) is 0 Å². The summed E-state index contributed by atoms with van der Waals surface area (Å²) < 4.78 is 11.3. The molecule has 0 saturated carbocycles. The van der Waals surface area contributed by atoms with E-state index in [-0.39, 0.29) is 5.54 Å². The lowest BCUT2D eigenvalue weighted by Gasteiger charge is -2.32. The molecule has 1 aromatic carbocycles. The van der Waals surface area contributed by atoms with Gasteiger partial charge in [0.05, 0.1) is 6.54 Å². The van der Waals surface area contributed by atoms with Gasteiger partial charge in [-0.05, 0) is 62.8 Å². The normalized spacial score (nSPS) is 25.6. The van der Waals surface area contributed by atoms with E-state index in [1.807, 2.05) is 12.1 Å². The van der Waals surface area contributed by atoms with E-state index in [0.717, 1.165) is 5.75 Å². The summed E-state index contributed by atoms with van der Waals surface area (Å²) in [6.07, 6.45) is 4.83. The SMILES string of the molecule is Cc1cc(C)cc(OCc2noc(CN3C4CCC3(CN)CC4)n2)c1. The van der Waals surface area contributed by atoms with Crippen molar-refractivity contribution in [1.29, 1.82) is 0 Å². The number of nitrogens with zero attached hydrogens (tertiary/aromatic N) is 3. The van der Waals surface area contributed by atoms with Crippen LogP contribution in [0, 0.1) is 13.8 Å². The van der Waals surface area contributed by atoms with E-state index in [2.05, 4.69) is 35.0 Å². The number of hydrogen-bond acceptors (Lipinski definition) is 6. The topological polar surface area (TPSA) is 77.4 Å². The van der Waals surface area contributed by atoms with Crippen LogP contribution in [0.15, 0.2) is 22.7 Å². The number of aromatic nitrogens is 2. The Morgan fingerprint density at radius 2 is 1.96 bits per heavy atom. The molecule has 2 saturated heterocycles. The second kappa shape index (κ2) is 6.42. The van der Waals surface area contributed by atoms with Gasteiger partial charge in [0.2, 0.25) is 11.7 Å². The monoisotopic (exact) mass is 342 g/mol. The van der Waals surface area contributed by atoms with Crippen molar-refractivity contribution in [3.63, 3.8) is 0 Å². The molecule has 0 spiro atoms. The van der Waals surface area contributed by atoms with Crippen molar-refractivity contribution < 1.29 is 9.26 Å². The maximum Gasteiger partial charge on any atom is 0.240 e. The van der Waals surface area contributed by atoms with E-state index < -0.39 is 0 Å². The van der Waals surface area contributed by atoms with Crippen LogP contribution in [0.1, 0.15) is 48.5 Å². The van der Waals surface area contributed by atoms with Crippen LogP contribution in [-0.2, 0) is 13.2 Å². The molecule has 0 atom stereocenters. The third-order valence-electron chi connectivity index (χ3n) is 5.69. The molecule has 4 rings (SSSR count). The molecule has 2 bridgehead atoms. The predicted molar refractivity (Wildman–Crippen MR) is 94.1 cm³/mol. The molecule has 2 fully saturated rings. The molecule has 6 heteroatoms. The number of ether oxygens (including phenoxy) is 1. The maximum atomic E-state index is 6.06. The molecule has 0 radical (unpaired) electrons. The van der Waals surface area contributed by atoms with E-state index in [4.69, 9.17) is 15.0 Å². The van der Waals surface area contributed by atoms with Gasteiger partial charge in [-0.1, -0.05) is 11.2 Å². The summed E-state index contributed by atoms with van der Waals surface area (Å²) >= 11 is 0. The average molecular weight is 342 g/mol. The number of hydrogen-bond donors (Lipinski definition) is 1. The minimum Gasteiger partial charge on any atom is -0.485 e. The molecule has 2 aliphatic rings. The first kappa shape index (κ1) is 16.5. The van der Waals surface area contributed by atoms with E-state index in [0.29, 0.717) is 37.5 Å². The molecule has 0 aliphatic carbocycles. The Morgan fingerprint density at radius 1 is 1.24 bits per heavy atom. The van der Waals surface area contributed by atoms with Crippen LogP contribution in [0.3, 0.4) is 0 Å². The minimum atomic E-state index is 0.148. The quantitative estimate of drug-likeness (QED) is 0.870. The third-order valence-corrected chi connectivity index (χ3v) is 5.69. The zero-order valence-corrected chi connectivity index (χ0v) is 15.0. The summed E-state index contributed by atoms with van der Waals surface area (Å²) in [6, 6.07) is 6.77. The van der Waals surface area contributed by atoms with E-state index >= 15 is 0 Å². The van der Waals surface area contributed by atoms with E-state index in [1.54, 1.807) is 0 Å². The number of rotatable bonds is 6. The molecule has 1 aromatic heterocycles. The smallest absolute Gasteiger partial charge is 0.240 e. The van der Waals surface area contributed by atoms with Crippen LogP contribution in [0.5, 0.6) is 5.75 Å². The molecule has 0 unspecified atom stereocenters. The number of benzene rings is 1. The minimum absolute atomic E-state index is 0.148. The van der Waals surface area contributed by atoms with Crippen molar-refractivity contribution in [1.82, 2.24) is 15.0 Å². The Morgan fingerprint density at radius 3 is 2.64 bits per heavy atom. The molecule has 3 heterocycles. The Hall–Kier alpha value is -1.92. The van der Waals surface area contributed by atoms with Crippen molar-refractivity contribution in [2.45, 2.75) is 64.3 Å². The highest BCUT2D eigenvalue weighted by Crippen LogP contribution is 2.46. The lowest BCUT2D eigenvalue weighted by atomic mass is 9.88. The third kappa shape index (κ3) is 3.16. The highest BCUT2D eigenvalue weighted by Gasteiger charge is 2.50. The van der Waals surface area contributed by atoms with Crippen LogP contribution < -0.4 is 10.5 Å². The fraction of sp³-hybridized carbons (Fsp3) is 0.579. The Kier molecular flexibility index (Phi) is 4.25. The van der Waals surface area contributed by atoms with Crippen LogP contribution in [0.25, 0.3) is 0 Å². The van der Waals surface area contributed by atoms with Crippen molar-refractivity contribution in [3.8, 4) is 5.75 Å². The molecule has 25 heavy (non-hydrogen) atoms. The molecule has 2 N–H and O–H groups in total. The molecule has 2 aliphatic heterocycles. The zero-order valence-electron chi connectivity index (χ0n) is 15.0. The predicted octanol–water partition coefficient (Wildman–Crippen LogP) is 2.72. The highest BCUT2D eigenvalue weighted by molar-refractivity contribution is 5.33. The van der Waals surface area contributed by atoms with Crippen LogP contribution in [-0.4, -0.2) is 33.2 Å². The van der Waals surface area contributed by atoms with Crippen LogP contribution in [0.4, 0.5) is 0 Å². The summed E-state index contributed by atoms with van der Waals surface area (Å²) in [5.41, 5.74) is 8.57. The second-order valence-corrected chi connectivity index (χ2v) is 7.50. The molecule has 134 valence electrons.